The Labute approximate surface area is 141 Å². The van der Waals surface area contributed by atoms with E-state index in [1.165, 1.54) is 12.1 Å². The van der Waals surface area contributed by atoms with Gasteiger partial charge in [0.25, 0.3) is 10.1 Å². The van der Waals surface area contributed by atoms with Gasteiger partial charge in [0.15, 0.2) is 0 Å². The number of alkyl halides is 5. The lowest BCUT2D eigenvalue weighted by molar-refractivity contribution is -0.289. The molecule has 0 fully saturated rings. The van der Waals surface area contributed by atoms with E-state index in [9.17, 15) is 30.4 Å². The first-order chi connectivity index (χ1) is 11.4. The molecule has 25 heavy (non-hydrogen) atoms. The smallest absolute Gasteiger partial charge is 0.262 e. The Bertz CT molecular complexity index is 826. The van der Waals surface area contributed by atoms with Crippen molar-refractivity contribution in [2.45, 2.75) is 30.5 Å². The summed E-state index contributed by atoms with van der Waals surface area (Å²) in [5.41, 5.74) is -0.248. The highest BCUT2D eigenvalue weighted by Gasteiger charge is 2.58. The molecule has 0 aromatic heterocycles. The van der Waals surface area contributed by atoms with Gasteiger partial charge in [-0.2, -0.15) is 30.4 Å². The summed E-state index contributed by atoms with van der Waals surface area (Å²) in [4.78, 5) is -0.0849. The molecular formula is C16H13F5O3S. The summed E-state index contributed by atoms with van der Waals surface area (Å²) in [6.07, 6.45) is -5.71. The lowest BCUT2D eigenvalue weighted by atomic mass is 10.1. The number of hydrogen-bond donors (Lipinski definition) is 0. The Morgan fingerprint density at radius 3 is 1.88 bits per heavy atom. The van der Waals surface area contributed by atoms with Gasteiger partial charge in [-0.05, 0) is 24.6 Å². The van der Waals surface area contributed by atoms with Gasteiger partial charge in [-0.15, -0.1) is 0 Å². The van der Waals surface area contributed by atoms with Crippen LogP contribution in [-0.2, 0) is 26.8 Å². The summed E-state index contributed by atoms with van der Waals surface area (Å²) in [6, 6.07) is 8.93. The molecule has 9 heteroatoms. The second-order valence-corrected chi connectivity index (χ2v) is 6.91. The van der Waals surface area contributed by atoms with Crippen LogP contribution in [0.2, 0.25) is 0 Å². The zero-order valence-electron chi connectivity index (χ0n) is 12.8. The molecule has 0 spiro atoms. The van der Waals surface area contributed by atoms with Gasteiger partial charge in [-0.1, -0.05) is 42.0 Å². The Kier molecular flexibility index (Phi) is 5.19. The van der Waals surface area contributed by atoms with Crippen LogP contribution < -0.4 is 0 Å². The highest BCUT2D eigenvalue weighted by atomic mass is 32.2. The van der Waals surface area contributed by atoms with Crippen molar-refractivity contribution in [1.82, 2.24) is 0 Å². The van der Waals surface area contributed by atoms with Crippen molar-refractivity contribution in [3.8, 4) is 0 Å². The summed E-state index contributed by atoms with van der Waals surface area (Å²) in [7, 11) is -4.07. The van der Waals surface area contributed by atoms with Gasteiger partial charge in [0.1, 0.15) is 0 Å². The van der Waals surface area contributed by atoms with E-state index in [4.69, 9.17) is 4.18 Å². The standard InChI is InChI=1S/C16H13F5O3S/c1-11-2-8-14(9-3-11)25(22,23)24-10-12-4-6-13(7-5-12)15(17,18)16(19,20)21/h2-9H,10H2,1H3. The summed E-state index contributed by atoms with van der Waals surface area (Å²) < 4.78 is 92.0. The molecule has 0 atom stereocenters. The first kappa shape index (κ1) is 19.3. The van der Waals surface area contributed by atoms with Gasteiger partial charge in [-0.25, -0.2) is 0 Å². The van der Waals surface area contributed by atoms with Crippen LogP contribution >= 0.6 is 0 Å². The molecule has 0 heterocycles. The molecule has 2 rings (SSSR count). The van der Waals surface area contributed by atoms with Crippen molar-refractivity contribution in [2.75, 3.05) is 0 Å². The monoisotopic (exact) mass is 380 g/mol. The van der Waals surface area contributed by atoms with E-state index in [0.717, 1.165) is 17.7 Å². The molecule has 0 aliphatic rings. The Balaban J connectivity index is 2.11. The average molecular weight is 380 g/mol. The van der Waals surface area contributed by atoms with Gasteiger partial charge < -0.3 is 0 Å². The third-order valence-corrected chi connectivity index (χ3v) is 4.64. The van der Waals surface area contributed by atoms with E-state index in [1.807, 2.05) is 0 Å². The highest BCUT2D eigenvalue weighted by molar-refractivity contribution is 7.86. The summed E-state index contributed by atoms with van der Waals surface area (Å²) in [5, 5.41) is 0. The SMILES string of the molecule is Cc1ccc(S(=O)(=O)OCc2ccc(C(F)(F)C(F)(F)F)cc2)cc1. The fourth-order valence-electron chi connectivity index (χ4n) is 1.89. The lowest BCUT2D eigenvalue weighted by Gasteiger charge is -2.19. The molecule has 0 amide bonds. The summed E-state index contributed by atoms with van der Waals surface area (Å²) >= 11 is 0. The Hall–Kier alpha value is -2.00. The predicted octanol–water partition coefficient (Wildman–Crippen LogP) is 4.55. The van der Waals surface area contributed by atoms with Gasteiger partial charge in [0.2, 0.25) is 0 Å². The van der Waals surface area contributed by atoms with E-state index >= 15 is 0 Å². The van der Waals surface area contributed by atoms with Crippen LogP contribution in [0.1, 0.15) is 16.7 Å². The van der Waals surface area contributed by atoms with Crippen LogP contribution in [0.25, 0.3) is 0 Å². The van der Waals surface area contributed by atoms with Gasteiger partial charge in [0, 0.05) is 5.56 Å². The van der Waals surface area contributed by atoms with E-state index in [2.05, 4.69) is 0 Å². The molecule has 2 aromatic rings. The second kappa shape index (κ2) is 6.72. The van der Waals surface area contributed by atoms with E-state index in [0.29, 0.717) is 12.1 Å². The minimum absolute atomic E-state index is 0.0849. The maximum atomic E-state index is 13.2. The van der Waals surface area contributed by atoms with E-state index < -0.39 is 34.4 Å². The van der Waals surface area contributed by atoms with Crippen LogP contribution in [-0.4, -0.2) is 14.6 Å². The first-order valence-electron chi connectivity index (χ1n) is 6.93. The van der Waals surface area contributed by atoms with Crippen molar-refractivity contribution in [3.63, 3.8) is 0 Å². The quantitative estimate of drug-likeness (QED) is 0.564. The maximum absolute atomic E-state index is 13.2. The van der Waals surface area contributed by atoms with E-state index in [1.54, 1.807) is 19.1 Å². The van der Waals surface area contributed by atoms with Crippen LogP contribution in [0.5, 0.6) is 0 Å². The van der Waals surface area contributed by atoms with Crippen LogP contribution in [0.4, 0.5) is 22.0 Å². The lowest BCUT2D eigenvalue weighted by Crippen LogP contribution is -2.33. The van der Waals surface area contributed by atoms with Crippen LogP contribution in [0.3, 0.4) is 0 Å². The maximum Gasteiger partial charge on any atom is 0.458 e. The number of hydrogen-bond acceptors (Lipinski definition) is 3. The molecule has 0 radical (unpaired) electrons. The molecule has 0 unspecified atom stereocenters. The van der Waals surface area contributed by atoms with Gasteiger partial charge in [0.05, 0.1) is 11.5 Å². The van der Waals surface area contributed by atoms with Gasteiger partial charge >= 0.3 is 12.1 Å². The average Bonchev–Trinajstić information content (AvgIpc) is 2.53. The van der Waals surface area contributed by atoms with Crippen molar-refractivity contribution in [3.05, 3.63) is 65.2 Å². The van der Waals surface area contributed by atoms with Crippen molar-refractivity contribution < 1.29 is 34.6 Å². The zero-order chi connectivity index (χ0) is 18.9. The topological polar surface area (TPSA) is 43.4 Å². The largest absolute Gasteiger partial charge is 0.458 e. The fourth-order valence-corrected chi connectivity index (χ4v) is 2.79. The Morgan fingerprint density at radius 1 is 0.880 bits per heavy atom. The molecule has 0 aliphatic carbocycles. The summed E-state index contributed by atoms with van der Waals surface area (Å²) in [6.45, 7) is 1.28. The number of halogens is 5. The molecule has 136 valence electrons. The van der Waals surface area contributed by atoms with Gasteiger partial charge in [-0.3, -0.25) is 4.18 Å². The number of benzene rings is 2. The third-order valence-electron chi connectivity index (χ3n) is 3.36. The van der Waals surface area contributed by atoms with E-state index in [-0.39, 0.29) is 10.5 Å². The molecule has 0 bridgehead atoms. The summed E-state index contributed by atoms with van der Waals surface area (Å²) in [5.74, 6) is -4.99. The van der Waals surface area contributed by atoms with Crippen molar-refractivity contribution in [2.24, 2.45) is 0 Å². The minimum atomic E-state index is -5.71. The van der Waals surface area contributed by atoms with Crippen molar-refractivity contribution >= 4 is 10.1 Å². The normalized spacial score (nSPS) is 13.0. The first-order valence-corrected chi connectivity index (χ1v) is 8.34. The molecular weight excluding hydrogens is 367 g/mol. The predicted molar refractivity (Wildman–Crippen MR) is 79.5 cm³/mol. The molecule has 0 aliphatic heterocycles. The zero-order valence-corrected chi connectivity index (χ0v) is 13.7. The third kappa shape index (κ3) is 4.35. The molecule has 2 aromatic carbocycles. The van der Waals surface area contributed by atoms with Crippen LogP contribution in [0.15, 0.2) is 53.4 Å². The second-order valence-electron chi connectivity index (χ2n) is 5.30. The molecule has 0 saturated carbocycles. The number of rotatable bonds is 5. The van der Waals surface area contributed by atoms with Crippen LogP contribution in [0, 0.1) is 6.92 Å². The minimum Gasteiger partial charge on any atom is -0.262 e. The number of aryl methyl sites for hydroxylation is 1. The molecule has 0 N–H and O–H groups in total. The fraction of sp³-hybridized carbons (Fsp3) is 0.250. The molecule has 0 saturated heterocycles. The highest BCUT2D eigenvalue weighted by Crippen LogP contribution is 2.43. The molecule has 3 nitrogen and oxygen atoms in total. The Morgan fingerprint density at radius 2 is 1.40 bits per heavy atom. The van der Waals surface area contributed by atoms with Crippen molar-refractivity contribution in [1.29, 1.82) is 0 Å².